The van der Waals surface area contributed by atoms with E-state index in [4.69, 9.17) is 28.0 Å². The van der Waals surface area contributed by atoms with Crippen LogP contribution >= 0.6 is 0 Å². The summed E-state index contributed by atoms with van der Waals surface area (Å²) in [5.41, 5.74) is 24.2. The molecule has 0 bridgehead atoms. The van der Waals surface area contributed by atoms with Gasteiger partial charge in [-0.1, -0.05) is 18.5 Å². The molecular formula is C45H98N14O2. The van der Waals surface area contributed by atoms with Gasteiger partial charge < -0.3 is 72.9 Å². The van der Waals surface area contributed by atoms with Crippen LogP contribution in [-0.4, -0.2) is 249 Å². The zero-order valence-electron chi connectivity index (χ0n) is 40.9. The standard InChI is InChI=1S/C7H14N2.2C7H16N2.C6H13N3O.C6H12N2.C6H14N2.C6H13NO/c1-9-4-6-2-8-3-7(6)5-9;1-6-3-4-9(2)5-7(6)8;1-9-5-3-2-4-7(8)6-9;1-9-3-5(7)6(4-9)8-10-2;1-8-3-5-2-7-6(5)4-8;1-6(7)3-4-8(2)5-6;1-7-3-2-6(4-7)5-8/h6-8H,2-5H2,1H3;6-7H,3-5,8H2,1-2H3;7H,2-6,8H2,1H3;5H,3-4,7H2,1-2H3;5-7H,2-4H2,1H3;3-5,7H2,1-2H3;6,8H,2-5H2,1H3/b;;;8-6+;;;/t2*6-,7+;7-;5-;5-,6+;2*6-/m.110111/s1. The SMILES string of the molecule is CN1CCCC[C@@H](N)C1.CN1CC[C@@H](CO)C1.CN1CC[C@@](C)(N)C1.CN1C[C@H]2CNC[C@H]2C1.CN1C[C@H]2CN[C@H]2C1.CO/N=C1\CN(C)C[C@@H]1N.C[C@@H]1CCN(C)C[C@@H]1N. The first-order valence-corrected chi connectivity index (χ1v) is 23.9. The summed E-state index contributed by atoms with van der Waals surface area (Å²) in [4.78, 5) is 20.7. The molecular weight excluding hydrogens is 769 g/mol. The van der Waals surface area contributed by atoms with Crippen molar-refractivity contribution in [3.8, 4) is 0 Å². The highest BCUT2D eigenvalue weighted by atomic mass is 16.6. The Hall–Kier alpha value is -1.09. The van der Waals surface area contributed by atoms with E-state index in [-0.39, 0.29) is 11.6 Å². The molecule has 0 radical (unpaired) electrons. The Morgan fingerprint density at radius 1 is 0.689 bits per heavy atom. The van der Waals surface area contributed by atoms with Gasteiger partial charge in [0.1, 0.15) is 7.11 Å². The number of likely N-dealkylation sites (tertiary alicyclic amines) is 7. The molecule has 0 saturated carbocycles. The predicted molar refractivity (Wildman–Crippen MR) is 256 cm³/mol. The molecule has 11 N–H and O–H groups in total. The van der Waals surface area contributed by atoms with Crippen LogP contribution < -0.4 is 33.6 Å². The average molecular weight is 867 g/mol. The topological polar surface area (TPSA) is 193 Å². The normalized spacial score (nSPS) is 37.6. The van der Waals surface area contributed by atoms with E-state index < -0.39 is 0 Å². The molecule has 0 amide bonds. The fraction of sp³-hybridized carbons (Fsp3) is 0.978. The number of oxime groups is 1. The Morgan fingerprint density at radius 3 is 1.72 bits per heavy atom. The van der Waals surface area contributed by atoms with E-state index in [1.54, 1.807) is 0 Å². The molecule has 9 rings (SSSR count). The van der Waals surface area contributed by atoms with Crippen LogP contribution in [0.4, 0.5) is 0 Å². The summed E-state index contributed by atoms with van der Waals surface area (Å²) in [6.45, 7) is 24.5. The quantitative estimate of drug-likeness (QED) is 0.171. The second kappa shape index (κ2) is 28.1. The first kappa shape index (κ1) is 54.2. The maximum absolute atomic E-state index is 8.66. The molecule has 0 aromatic rings. The van der Waals surface area contributed by atoms with Crippen molar-refractivity contribution in [2.75, 3.05) is 174 Å². The van der Waals surface area contributed by atoms with Gasteiger partial charge >= 0.3 is 0 Å². The van der Waals surface area contributed by atoms with Gasteiger partial charge in [0.15, 0.2) is 0 Å². The van der Waals surface area contributed by atoms with E-state index in [0.717, 1.165) is 94.2 Å². The van der Waals surface area contributed by atoms with Crippen LogP contribution in [0.1, 0.15) is 52.4 Å². The van der Waals surface area contributed by atoms with Crippen LogP contribution in [0.2, 0.25) is 0 Å². The van der Waals surface area contributed by atoms with Crippen molar-refractivity contribution < 1.29 is 9.94 Å². The van der Waals surface area contributed by atoms with Crippen LogP contribution in [-0.2, 0) is 4.84 Å². The highest BCUT2D eigenvalue weighted by molar-refractivity contribution is 5.92. The lowest BCUT2D eigenvalue weighted by Crippen LogP contribution is -2.51. The molecule has 9 aliphatic heterocycles. The third-order valence-electron chi connectivity index (χ3n) is 14.0. The molecule has 0 unspecified atom stereocenters. The van der Waals surface area contributed by atoms with Gasteiger partial charge in [-0.2, -0.15) is 0 Å². The minimum Gasteiger partial charge on any atom is -0.399 e. The van der Waals surface area contributed by atoms with Gasteiger partial charge in [-0.25, -0.2) is 0 Å². The molecule has 10 atom stereocenters. The predicted octanol–water partition coefficient (Wildman–Crippen LogP) is -0.767. The maximum atomic E-state index is 8.66. The third kappa shape index (κ3) is 21.2. The van der Waals surface area contributed by atoms with Crippen molar-refractivity contribution in [1.82, 2.24) is 44.9 Å². The van der Waals surface area contributed by atoms with E-state index in [1.807, 2.05) is 7.05 Å². The number of likely N-dealkylation sites (N-methyl/N-ethyl adjacent to an activating group) is 5. The molecule has 0 aromatic carbocycles. The molecule has 0 aromatic heterocycles. The number of nitrogens with one attached hydrogen (secondary N) is 2. The summed E-state index contributed by atoms with van der Waals surface area (Å²) < 4.78 is 0. The molecule has 0 aliphatic carbocycles. The van der Waals surface area contributed by atoms with Crippen LogP contribution in [0.25, 0.3) is 0 Å². The molecule has 9 heterocycles. The van der Waals surface area contributed by atoms with Crippen molar-refractivity contribution in [2.45, 2.75) is 82.1 Å². The summed E-state index contributed by atoms with van der Waals surface area (Å²) in [6.07, 6.45) is 7.42. The number of nitrogens with two attached hydrogens (primary N) is 4. The molecule has 9 saturated heterocycles. The largest absolute Gasteiger partial charge is 0.399 e. The fourth-order valence-electron chi connectivity index (χ4n) is 9.91. The average Bonchev–Trinajstić information content (AvgIpc) is 4.03. The second-order valence-electron chi connectivity index (χ2n) is 20.9. The van der Waals surface area contributed by atoms with Crippen LogP contribution in [0.5, 0.6) is 0 Å². The number of aliphatic hydroxyl groups excluding tert-OH is 1. The number of nitrogens with zero attached hydrogens (tertiary/aromatic N) is 8. The van der Waals surface area contributed by atoms with Crippen molar-refractivity contribution in [2.24, 2.45) is 57.7 Å². The molecule has 16 heteroatoms. The number of hydrogen-bond donors (Lipinski definition) is 7. The van der Waals surface area contributed by atoms with E-state index >= 15 is 0 Å². The zero-order valence-corrected chi connectivity index (χ0v) is 40.9. The minimum absolute atomic E-state index is 0.0601. The Balaban J connectivity index is 0.000000190. The van der Waals surface area contributed by atoms with Gasteiger partial charge in [0.2, 0.25) is 0 Å². The lowest BCUT2D eigenvalue weighted by Gasteiger charge is -2.32. The lowest BCUT2D eigenvalue weighted by molar-refractivity contribution is 0.201. The van der Waals surface area contributed by atoms with E-state index in [2.05, 4.69) is 111 Å². The molecule has 360 valence electrons. The van der Waals surface area contributed by atoms with E-state index in [9.17, 15) is 0 Å². The Morgan fingerprint density at radius 2 is 1.31 bits per heavy atom. The number of hydrogen-bond acceptors (Lipinski definition) is 16. The number of aliphatic hydroxyl groups is 1. The van der Waals surface area contributed by atoms with Crippen molar-refractivity contribution in [3.05, 3.63) is 0 Å². The van der Waals surface area contributed by atoms with Crippen molar-refractivity contribution in [1.29, 1.82) is 0 Å². The van der Waals surface area contributed by atoms with E-state index in [1.165, 1.54) is 98.1 Å². The molecule has 16 nitrogen and oxygen atoms in total. The smallest absolute Gasteiger partial charge is 0.106 e. The monoisotopic (exact) mass is 867 g/mol. The zero-order chi connectivity index (χ0) is 45.1. The highest BCUT2D eigenvalue weighted by Gasteiger charge is 2.37. The molecule has 61 heavy (non-hydrogen) atoms. The fourth-order valence-corrected chi connectivity index (χ4v) is 9.91. The Labute approximate surface area is 373 Å². The van der Waals surface area contributed by atoms with Crippen LogP contribution in [0.3, 0.4) is 0 Å². The van der Waals surface area contributed by atoms with Gasteiger partial charge in [0.05, 0.1) is 11.8 Å². The molecule has 0 spiro atoms. The van der Waals surface area contributed by atoms with Crippen LogP contribution in [0, 0.1) is 29.6 Å². The number of fused-ring (bicyclic) bond motifs is 2. The summed E-state index contributed by atoms with van der Waals surface area (Å²) in [7, 11) is 16.4. The summed E-state index contributed by atoms with van der Waals surface area (Å²) in [5, 5.41) is 19.3. The number of rotatable bonds is 2. The van der Waals surface area contributed by atoms with Gasteiger partial charge in [-0.15, -0.1) is 0 Å². The van der Waals surface area contributed by atoms with Gasteiger partial charge in [0, 0.05) is 108 Å². The minimum atomic E-state index is 0.0601. The maximum Gasteiger partial charge on any atom is 0.106 e. The summed E-state index contributed by atoms with van der Waals surface area (Å²) in [5.74, 6) is 4.20. The first-order chi connectivity index (χ1) is 28.9. The van der Waals surface area contributed by atoms with Gasteiger partial charge in [-0.05, 0) is 151 Å². The number of piperidine rings is 1. The Kier molecular flexibility index (Phi) is 25.0. The molecule has 9 aliphatic rings. The summed E-state index contributed by atoms with van der Waals surface area (Å²) in [6, 6.07) is 1.74. The van der Waals surface area contributed by atoms with E-state index in [0.29, 0.717) is 24.6 Å². The summed E-state index contributed by atoms with van der Waals surface area (Å²) >= 11 is 0. The Bertz CT molecular complexity index is 1160. The second-order valence-corrected chi connectivity index (χ2v) is 20.9. The van der Waals surface area contributed by atoms with Gasteiger partial charge in [0.25, 0.3) is 0 Å². The van der Waals surface area contributed by atoms with Crippen molar-refractivity contribution in [3.63, 3.8) is 0 Å². The lowest BCUT2D eigenvalue weighted by atomic mass is 9.95. The first-order valence-electron chi connectivity index (χ1n) is 23.9. The highest BCUT2D eigenvalue weighted by Crippen LogP contribution is 2.24. The van der Waals surface area contributed by atoms with Crippen molar-refractivity contribution >= 4 is 5.71 Å². The molecule has 9 fully saturated rings. The van der Waals surface area contributed by atoms with Gasteiger partial charge in [-0.3, -0.25) is 4.90 Å². The third-order valence-corrected chi connectivity index (χ3v) is 14.0. The van der Waals surface area contributed by atoms with Crippen LogP contribution in [0.15, 0.2) is 5.16 Å².